The number of benzene rings is 1. The largest absolute Gasteiger partial charge is 0.353 e. The number of aromatic nitrogens is 1. The first-order chi connectivity index (χ1) is 14.5. The van der Waals surface area contributed by atoms with Crippen LogP contribution in [-0.2, 0) is 16.6 Å². The quantitative estimate of drug-likeness (QED) is 0.380. The highest BCUT2D eigenvalue weighted by Gasteiger charge is 2.55. The van der Waals surface area contributed by atoms with Crippen molar-refractivity contribution in [1.29, 1.82) is 0 Å². The minimum absolute atomic E-state index is 0.0410. The van der Waals surface area contributed by atoms with Gasteiger partial charge in [-0.05, 0) is 79.3 Å². The van der Waals surface area contributed by atoms with E-state index in [4.69, 9.17) is 0 Å². The lowest BCUT2D eigenvalue weighted by molar-refractivity contribution is -0.116. The number of allylic oxidation sites excluding steroid dienone is 1. The molecule has 1 amide bonds. The molecule has 4 heteroatoms. The van der Waals surface area contributed by atoms with E-state index in [1.54, 1.807) is 24.4 Å². The Morgan fingerprint density at radius 1 is 1.27 bits per heavy atom. The van der Waals surface area contributed by atoms with E-state index >= 15 is 0 Å². The van der Waals surface area contributed by atoms with Crippen LogP contribution in [0.25, 0.3) is 0 Å². The van der Waals surface area contributed by atoms with Crippen molar-refractivity contribution in [2.75, 3.05) is 6.54 Å². The Balaban J connectivity index is 1.53. The van der Waals surface area contributed by atoms with Crippen LogP contribution in [0.3, 0.4) is 0 Å². The predicted octanol–water partition coefficient (Wildman–Crippen LogP) is 5.75. The second kappa shape index (κ2) is 10.0. The molecule has 0 aliphatic heterocycles. The van der Waals surface area contributed by atoms with Crippen LogP contribution in [0.4, 0.5) is 4.39 Å². The first kappa shape index (κ1) is 22.2. The van der Waals surface area contributed by atoms with Crippen LogP contribution in [-0.4, -0.2) is 17.4 Å². The number of nitrogens with zero attached hydrogens (tertiary/aromatic N) is 1. The van der Waals surface area contributed by atoms with Crippen molar-refractivity contribution in [3.8, 4) is 0 Å². The fourth-order valence-electron chi connectivity index (χ4n) is 4.56. The Morgan fingerprint density at radius 2 is 2.10 bits per heavy atom. The van der Waals surface area contributed by atoms with Crippen molar-refractivity contribution in [3.05, 3.63) is 77.9 Å². The standard InChI is InChI=1S/C26H33FN2O/c1-3-13-25(2,22-10-6-11-23(27)19-22)26(15-16-26)14-12-24(30)29-18-5-4-8-21-9-7-17-28-20-21/h6-7,9-12,14,17,19-20H,3-5,8,13,15-16,18H2,1-2H3,(H,29,30)/t25-/m0/s1. The molecule has 1 aliphatic carbocycles. The van der Waals surface area contributed by atoms with Gasteiger partial charge in [0.1, 0.15) is 5.82 Å². The van der Waals surface area contributed by atoms with Crippen molar-refractivity contribution in [2.24, 2.45) is 5.41 Å². The fourth-order valence-corrected chi connectivity index (χ4v) is 4.56. The molecule has 160 valence electrons. The molecule has 1 aliphatic rings. The van der Waals surface area contributed by atoms with Crippen LogP contribution in [0.5, 0.6) is 0 Å². The van der Waals surface area contributed by atoms with E-state index in [9.17, 15) is 9.18 Å². The summed E-state index contributed by atoms with van der Waals surface area (Å²) in [6, 6.07) is 11.0. The van der Waals surface area contributed by atoms with E-state index in [2.05, 4.69) is 36.3 Å². The van der Waals surface area contributed by atoms with E-state index < -0.39 is 0 Å². The molecular weight excluding hydrogens is 375 g/mol. The predicted molar refractivity (Wildman–Crippen MR) is 120 cm³/mol. The third kappa shape index (κ3) is 5.35. The number of rotatable bonds is 11. The van der Waals surface area contributed by atoms with Crippen molar-refractivity contribution in [1.82, 2.24) is 10.3 Å². The number of nitrogens with one attached hydrogen (secondary N) is 1. The average Bonchev–Trinajstić information content (AvgIpc) is 3.55. The highest BCUT2D eigenvalue weighted by atomic mass is 19.1. The Morgan fingerprint density at radius 3 is 2.77 bits per heavy atom. The Kier molecular flexibility index (Phi) is 7.41. The van der Waals surface area contributed by atoms with Gasteiger partial charge in [-0.1, -0.05) is 44.5 Å². The zero-order valence-electron chi connectivity index (χ0n) is 18.2. The molecule has 1 saturated carbocycles. The molecule has 1 fully saturated rings. The van der Waals surface area contributed by atoms with Crippen molar-refractivity contribution in [3.63, 3.8) is 0 Å². The molecule has 1 aromatic carbocycles. The summed E-state index contributed by atoms with van der Waals surface area (Å²) in [7, 11) is 0. The topological polar surface area (TPSA) is 42.0 Å². The van der Waals surface area contributed by atoms with Crippen molar-refractivity contribution >= 4 is 5.91 Å². The van der Waals surface area contributed by atoms with E-state index in [1.807, 2.05) is 18.3 Å². The number of hydrogen-bond donors (Lipinski definition) is 1. The molecule has 2 aromatic rings. The lowest BCUT2D eigenvalue weighted by Crippen LogP contribution is -2.33. The summed E-state index contributed by atoms with van der Waals surface area (Å²) in [4.78, 5) is 16.5. The molecule has 3 nitrogen and oxygen atoms in total. The Labute approximate surface area is 179 Å². The van der Waals surface area contributed by atoms with Gasteiger partial charge in [-0.15, -0.1) is 0 Å². The molecular formula is C26H33FN2O. The molecule has 3 rings (SSSR count). The zero-order chi connectivity index (χ0) is 21.5. The lowest BCUT2D eigenvalue weighted by Gasteiger charge is -2.37. The van der Waals surface area contributed by atoms with Crippen LogP contribution in [0.2, 0.25) is 0 Å². The summed E-state index contributed by atoms with van der Waals surface area (Å²) in [6.07, 6.45) is 14.5. The number of hydrogen-bond acceptors (Lipinski definition) is 2. The maximum atomic E-state index is 13.9. The normalized spacial score (nSPS) is 16.9. The minimum Gasteiger partial charge on any atom is -0.353 e. The molecule has 1 aromatic heterocycles. The number of pyridine rings is 1. The highest BCUT2D eigenvalue weighted by molar-refractivity contribution is 5.87. The van der Waals surface area contributed by atoms with Crippen molar-refractivity contribution < 1.29 is 9.18 Å². The third-order valence-corrected chi connectivity index (χ3v) is 6.57. The van der Waals surface area contributed by atoms with E-state index in [-0.39, 0.29) is 22.6 Å². The number of amides is 1. The molecule has 1 heterocycles. The SMILES string of the molecule is CCC[C@@](C)(c1cccc(F)c1)C1(C=CC(=O)NCCCCc2cccnc2)CC1. The van der Waals surface area contributed by atoms with Gasteiger partial charge in [0.25, 0.3) is 0 Å². The first-order valence-electron chi connectivity index (χ1n) is 11.1. The minimum atomic E-state index is -0.196. The zero-order valence-corrected chi connectivity index (χ0v) is 18.2. The van der Waals surface area contributed by atoms with Gasteiger partial charge in [-0.3, -0.25) is 9.78 Å². The summed E-state index contributed by atoms with van der Waals surface area (Å²) in [5, 5.41) is 3.00. The first-order valence-corrected chi connectivity index (χ1v) is 11.1. The molecule has 0 spiro atoms. The van der Waals surface area contributed by atoms with Gasteiger partial charge >= 0.3 is 0 Å². The third-order valence-electron chi connectivity index (χ3n) is 6.57. The van der Waals surface area contributed by atoms with E-state index in [0.29, 0.717) is 6.54 Å². The van der Waals surface area contributed by atoms with E-state index in [0.717, 1.165) is 50.5 Å². The van der Waals surface area contributed by atoms with Gasteiger partial charge in [0.05, 0.1) is 0 Å². The maximum absolute atomic E-state index is 13.9. The molecule has 0 bridgehead atoms. The summed E-state index contributed by atoms with van der Waals surface area (Å²) >= 11 is 0. The Hall–Kier alpha value is -2.49. The van der Waals surface area contributed by atoms with Gasteiger partial charge in [-0.2, -0.15) is 0 Å². The van der Waals surface area contributed by atoms with Gasteiger partial charge in [0.15, 0.2) is 0 Å². The maximum Gasteiger partial charge on any atom is 0.243 e. The molecule has 0 saturated heterocycles. The second-order valence-corrected chi connectivity index (χ2v) is 8.69. The number of carbonyl (C=O) groups is 1. The summed E-state index contributed by atoms with van der Waals surface area (Å²) in [5.41, 5.74) is 2.04. The summed E-state index contributed by atoms with van der Waals surface area (Å²) < 4.78 is 13.9. The molecule has 1 N–H and O–H groups in total. The van der Waals surface area contributed by atoms with Gasteiger partial charge in [0.2, 0.25) is 5.91 Å². The van der Waals surface area contributed by atoms with Gasteiger partial charge in [-0.25, -0.2) is 4.39 Å². The molecule has 30 heavy (non-hydrogen) atoms. The summed E-state index contributed by atoms with van der Waals surface area (Å²) in [5.74, 6) is -0.237. The lowest BCUT2D eigenvalue weighted by atomic mass is 9.66. The number of carbonyl (C=O) groups excluding carboxylic acids is 1. The molecule has 0 radical (unpaired) electrons. The highest BCUT2D eigenvalue weighted by Crippen LogP contribution is 2.62. The van der Waals surface area contributed by atoms with Gasteiger partial charge < -0.3 is 5.32 Å². The van der Waals surface area contributed by atoms with Crippen LogP contribution in [0, 0.1) is 11.2 Å². The fraction of sp³-hybridized carbons (Fsp3) is 0.462. The Bertz CT molecular complexity index is 860. The molecule has 1 atom stereocenters. The number of unbranched alkanes of at least 4 members (excludes halogenated alkanes) is 1. The number of halogens is 1. The van der Waals surface area contributed by atoms with Crippen molar-refractivity contribution in [2.45, 2.75) is 64.2 Å². The van der Waals surface area contributed by atoms with Crippen LogP contribution < -0.4 is 5.32 Å². The van der Waals surface area contributed by atoms with Gasteiger partial charge in [0, 0.05) is 24.4 Å². The summed E-state index contributed by atoms with van der Waals surface area (Å²) in [6.45, 7) is 5.06. The van der Waals surface area contributed by atoms with E-state index in [1.165, 1.54) is 11.6 Å². The second-order valence-electron chi connectivity index (χ2n) is 8.69. The van der Waals surface area contributed by atoms with Crippen LogP contribution in [0.15, 0.2) is 60.9 Å². The number of aryl methyl sites for hydroxylation is 1. The van der Waals surface area contributed by atoms with Crippen LogP contribution >= 0.6 is 0 Å². The average molecular weight is 409 g/mol. The smallest absolute Gasteiger partial charge is 0.243 e. The van der Waals surface area contributed by atoms with Crippen LogP contribution in [0.1, 0.15) is 63.5 Å². The monoisotopic (exact) mass is 408 g/mol. The molecule has 0 unspecified atom stereocenters.